The van der Waals surface area contributed by atoms with Gasteiger partial charge in [0.1, 0.15) is 5.82 Å². The first-order valence-corrected chi connectivity index (χ1v) is 6.55. The number of rotatable bonds is 3. The average molecular weight is 299 g/mol. The van der Waals surface area contributed by atoms with Crippen LogP contribution in [0.5, 0.6) is 0 Å². The molecule has 5 heteroatoms. The van der Waals surface area contributed by atoms with E-state index in [1.807, 2.05) is 12.1 Å². The molecule has 0 aromatic carbocycles. The van der Waals surface area contributed by atoms with E-state index in [1.165, 1.54) is 0 Å². The fourth-order valence-electron chi connectivity index (χ4n) is 2.16. The molecular formula is C12H15BrN2O2. The maximum atomic E-state index is 10.8. The molecular weight excluding hydrogens is 284 g/mol. The van der Waals surface area contributed by atoms with E-state index in [0.717, 1.165) is 36.0 Å². The summed E-state index contributed by atoms with van der Waals surface area (Å²) in [6.45, 7) is 0. The SMILES string of the molecule is O=C(O)C1CCC(Nc2ccc(Br)cn2)CC1. The summed E-state index contributed by atoms with van der Waals surface area (Å²) in [7, 11) is 0. The van der Waals surface area contributed by atoms with Crippen LogP contribution in [0.3, 0.4) is 0 Å². The lowest BCUT2D eigenvalue weighted by atomic mass is 9.86. The van der Waals surface area contributed by atoms with Gasteiger partial charge in [0.05, 0.1) is 5.92 Å². The predicted molar refractivity (Wildman–Crippen MR) is 68.9 cm³/mol. The molecule has 1 saturated carbocycles. The molecule has 0 bridgehead atoms. The Labute approximate surface area is 109 Å². The Bertz CT molecular complexity index is 386. The maximum absolute atomic E-state index is 10.8. The van der Waals surface area contributed by atoms with Crippen molar-refractivity contribution in [3.63, 3.8) is 0 Å². The van der Waals surface area contributed by atoms with Crippen molar-refractivity contribution >= 4 is 27.7 Å². The smallest absolute Gasteiger partial charge is 0.306 e. The molecule has 0 aliphatic heterocycles. The van der Waals surface area contributed by atoms with E-state index < -0.39 is 5.97 Å². The Hall–Kier alpha value is -1.10. The molecule has 4 nitrogen and oxygen atoms in total. The maximum Gasteiger partial charge on any atom is 0.306 e. The van der Waals surface area contributed by atoms with Gasteiger partial charge in [0, 0.05) is 16.7 Å². The molecule has 2 rings (SSSR count). The van der Waals surface area contributed by atoms with Gasteiger partial charge in [-0.3, -0.25) is 4.79 Å². The molecule has 0 amide bonds. The lowest BCUT2D eigenvalue weighted by molar-refractivity contribution is -0.142. The molecule has 1 aliphatic carbocycles. The Kier molecular flexibility index (Phi) is 3.99. The first-order valence-electron chi connectivity index (χ1n) is 5.76. The average Bonchev–Trinajstić information content (AvgIpc) is 2.33. The van der Waals surface area contributed by atoms with E-state index in [9.17, 15) is 4.79 Å². The third kappa shape index (κ3) is 3.43. The zero-order valence-electron chi connectivity index (χ0n) is 9.40. The molecule has 0 unspecified atom stereocenters. The summed E-state index contributed by atoms with van der Waals surface area (Å²) in [4.78, 5) is 15.1. The molecule has 0 saturated heterocycles. The van der Waals surface area contributed by atoms with Crippen molar-refractivity contribution in [3.8, 4) is 0 Å². The minimum atomic E-state index is -0.662. The first kappa shape index (κ1) is 12.4. The monoisotopic (exact) mass is 298 g/mol. The summed E-state index contributed by atoms with van der Waals surface area (Å²) in [5, 5.41) is 12.2. The van der Waals surface area contributed by atoms with Crippen LogP contribution in [0.15, 0.2) is 22.8 Å². The van der Waals surface area contributed by atoms with Gasteiger partial charge in [0.15, 0.2) is 0 Å². The zero-order chi connectivity index (χ0) is 12.3. The summed E-state index contributed by atoms with van der Waals surface area (Å²) < 4.78 is 0.956. The van der Waals surface area contributed by atoms with Crippen LogP contribution in [0.4, 0.5) is 5.82 Å². The molecule has 1 fully saturated rings. The normalized spacial score (nSPS) is 24.3. The number of aromatic nitrogens is 1. The summed E-state index contributed by atoms with van der Waals surface area (Å²) >= 11 is 3.34. The van der Waals surface area contributed by atoms with Gasteiger partial charge in [-0.25, -0.2) is 4.98 Å². The van der Waals surface area contributed by atoms with Crippen molar-refractivity contribution in [1.82, 2.24) is 4.98 Å². The Morgan fingerprint density at radius 2 is 2.06 bits per heavy atom. The van der Waals surface area contributed by atoms with Gasteiger partial charge in [-0.2, -0.15) is 0 Å². The van der Waals surface area contributed by atoms with Crippen LogP contribution in [0, 0.1) is 5.92 Å². The van der Waals surface area contributed by atoms with E-state index in [2.05, 4.69) is 26.2 Å². The van der Waals surface area contributed by atoms with Gasteiger partial charge in [0.2, 0.25) is 0 Å². The van der Waals surface area contributed by atoms with E-state index in [1.54, 1.807) is 6.20 Å². The number of aliphatic carboxylic acids is 1. The molecule has 1 aromatic rings. The van der Waals surface area contributed by atoms with Crippen LogP contribution in [0.1, 0.15) is 25.7 Å². The lowest BCUT2D eigenvalue weighted by Gasteiger charge is -2.27. The van der Waals surface area contributed by atoms with E-state index >= 15 is 0 Å². The predicted octanol–water partition coefficient (Wildman–Crippen LogP) is 2.90. The number of pyridine rings is 1. The second-order valence-corrected chi connectivity index (χ2v) is 5.31. The summed E-state index contributed by atoms with van der Waals surface area (Å²) in [5.41, 5.74) is 0. The van der Waals surface area contributed by atoms with Gasteiger partial charge in [-0.1, -0.05) is 0 Å². The highest BCUT2D eigenvalue weighted by atomic mass is 79.9. The number of anilines is 1. The van der Waals surface area contributed by atoms with E-state index in [-0.39, 0.29) is 5.92 Å². The van der Waals surface area contributed by atoms with Gasteiger partial charge >= 0.3 is 5.97 Å². The number of carboxylic acid groups (broad SMARTS) is 1. The van der Waals surface area contributed by atoms with Crippen molar-refractivity contribution < 1.29 is 9.90 Å². The molecule has 2 N–H and O–H groups in total. The number of hydrogen-bond donors (Lipinski definition) is 2. The Morgan fingerprint density at radius 3 is 2.59 bits per heavy atom. The number of halogens is 1. The largest absolute Gasteiger partial charge is 0.481 e. The van der Waals surface area contributed by atoms with Crippen LogP contribution >= 0.6 is 15.9 Å². The number of nitrogens with zero attached hydrogens (tertiary/aromatic N) is 1. The van der Waals surface area contributed by atoms with E-state index in [0.29, 0.717) is 6.04 Å². The third-order valence-electron chi connectivity index (χ3n) is 3.16. The fraction of sp³-hybridized carbons (Fsp3) is 0.500. The standard InChI is InChI=1S/C12H15BrN2O2/c13-9-3-6-11(14-7-9)15-10-4-1-8(2-5-10)12(16)17/h3,6-8,10H,1-2,4-5H2,(H,14,15)(H,16,17). The van der Waals surface area contributed by atoms with Crippen LogP contribution in [0.2, 0.25) is 0 Å². The molecule has 92 valence electrons. The highest BCUT2D eigenvalue weighted by molar-refractivity contribution is 9.10. The second kappa shape index (κ2) is 5.49. The highest BCUT2D eigenvalue weighted by Crippen LogP contribution is 2.26. The zero-order valence-corrected chi connectivity index (χ0v) is 11.0. The van der Waals surface area contributed by atoms with Crippen molar-refractivity contribution in [3.05, 3.63) is 22.8 Å². The summed E-state index contributed by atoms with van der Waals surface area (Å²) in [6.07, 6.45) is 5.06. The van der Waals surface area contributed by atoms with Crippen LogP contribution in [-0.2, 0) is 4.79 Å². The molecule has 1 aromatic heterocycles. The van der Waals surface area contributed by atoms with Crippen molar-refractivity contribution in [1.29, 1.82) is 0 Å². The fourth-order valence-corrected chi connectivity index (χ4v) is 2.39. The summed E-state index contributed by atoms with van der Waals surface area (Å²) in [5.74, 6) is 0.0307. The summed E-state index contributed by atoms with van der Waals surface area (Å²) in [6, 6.07) is 4.21. The number of hydrogen-bond acceptors (Lipinski definition) is 3. The van der Waals surface area contributed by atoms with Crippen LogP contribution in [0.25, 0.3) is 0 Å². The quantitative estimate of drug-likeness (QED) is 0.901. The molecule has 17 heavy (non-hydrogen) atoms. The van der Waals surface area contributed by atoms with Crippen molar-refractivity contribution in [2.45, 2.75) is 31.7 Å². The third-order valence-corrected chi connectivity index (χ3v) is 3.62. The van der Waals surface area contributed by atoms with Gasteiger partial charge in [-0.05, 0) is 53.7 Å². The Balaban J connectivity index is 1.85. The van der Waals surface area contributed by atoms with Gasteiger partial charge in [0.25, 0.3) is 0 Å². The Morgan fingerprint density at radius 1 is 1.35 bits per heavy atom. The number of carboxylic acids is 1. The highest BCUT2D eigenvalue weighted by Gasteiger charge is 2.25. The van der Waals surface area contributed by atoms with E-state index in [4.69, 9.17) is 5.11 Å². The molecule has 1 aliphatic rings. The minimum Gasteiger partial charge on any atom is -0.481 e. The van der Waals surface area contributed by atoms with Crippen LogP contribution < -0.4 is 5.32 Å². The van der Waals surface area contributed by atoms with Crippen molar-refractivity contribution in [2.24, 2.45) is 5.92 Å². The number of nitrogens with one attached hydrogen (secondary N) is 1. The topological polar surface area (TPSA) is 62.2 Å². The van der Waals surface area contributed by atoms with Gasteiger partial charge < -0.3 is 10.4 Å². The first-order chi connectivity index (χ1) is 8.15. The number of carbonyl (C=O) groups is 1. The van der Waals surface area contributed by atoms with Crippen molar-refractivity contribution in [2.75, 3.05) is 5.32 Å². The molecule has 0 atom stereocenters. The van der Waals surface area contributed by atoms with Gasteiger partial charge in [-0.15, -0.1) is 0 Å². The lowest BCUT2D eigenvalue weighted by Crippen LogP contribution is -2.29. The molecule has 1 heterocycles. The second-order valence-electron chi connectivity index (χ2n) is 4.39. The minimum absolute atomic E-state index is 0.161. The molecule has 0 spiro atoms. The molecule has 0 radical (unpaired) electrons. The van der Waals surface area contributed by atoms with Crippen LogP contribution in [-0.4, -0.2) is 22.1 Å².